The summed E-state index contributed by atoms with van der Waals surface area (Å²) in [4.78, 5) is 0. The average molecular weight is 227 g/mol. The van der Waals surface area contributed by atoms with Crippen LogP contribution in [0.3, 0.4) is 0 Å². The number of benzene rings is 1. The van der Waals surface area contributed by atoms with Gasteiger partial charge in [-0.05, 0) is 37.3 Å². The highest BCUT2D eigenvalue weighted by molar-refractivity contribution is 5.68. The molecule has 2 aliphatic rings. The second-order valence-electron chi connectivity index (χ2n) is 4.87. The zero-order chi connectivity index (χ0) is 12.0. The van der Waals surface area contributed by atoms with Crippen LogP contribution in [-0.2, 0) is 6.42 Å². The van der Waals surface area contributed by atoms with Crippen molar-refractivity contribution in [1.82, 2.24) is 0 Å². The van der Waals surface area contributed by atoms with Crippen LogP contribution in [0.5, 0.6) is 0 Å². The van der Waals surface area contributed by atoms with Gasteiger partial charge >= 0.3 is 0 Å². The summed E-state index contributed by atoms with van der Waals surface area (Å²) in [6, 6.07) is 2.19. The first-order chi connectivity index (χ1) is 8.18. The highest BCUT2D eigenvalue weighted by Crippen LogP contribution is 2.41. The standard InChI is InChI=1S/C15H17NO/c1-10-9-11-5-3-7-13(17)14(11)15-12(10)6-4-8-16(15)2/h3,5,8-9,13,17H,2,4,6-7H2,1H3. The van der Waals surface area contributed by atoms with Gasteiger partial charge in [0, 0.05) is 18.8 Å². The van der Waals surface area contributed by atoms with Gasteiger partial charge in [-0.25, -0.2) is 0 Å². The number of rotatable bonds is 0. The fraction of sp³-hybridized carbons (Fsp3) is 0.333. The molecule has 1 aliphatic heterocycles. The van der Waals surface area contributed by atoms with Gasteiger partial charge in [-0.3, -0.25) is 0 Å². The van der Waals surface area contributed by atoms with Gasteiger partial charge in [0.15, 0.2) is 0 Å². The van der Waals surface area contributed by atoms with E-state index in [4.69, 9.17) is 0 Å². The number of hydrogen-bond donors (Lipinski definition) is 1. The van der Waals surface area contributed by atoms with Crippen molar-refractivity contribution in [3.8, 4) is 0 Å². The molecule has 1 unspecified atom stereocenters. The molecule has 2 nitrogen and oxygen atoms in total. The van der Waals surface area contributed by atoms with E-state index < -0.39 is 0 Å². The number of fused-ring (bicyclic) bond motifs is 3. The van der Waals surface area contributed by atoms with Crippen LogP contribution in [0.4, 0.5) is 5.69 Å². The maximum atomic E-state index is 10.2. The summed E-state index contributed by atoms with van der Waals surface area (Å²) in [5.74, 6) is 0. The molecular weight excluding hydrogens is 210 g/mol. The number of nitrogens with zero attached hydrogens (tertiary/aromatic N) is 1. The van der Waals surface area contributed by atoms with Gasteiger partial charge in [0.25, 0.3) is 0 Å². The summed E-state index contributed by atoms with van der Waals surface area (Å²) < 4.78 is 1.94. The van der Waals surface area contributed by atoms with Crippen LogP contribution in [0, 0.1) is 13.5 Å². The van der Waals surface area contributed by atoms with Gasteiger partial charge in [-0.1, -0.05) is 23.8 Å². The van der Waals surface area contributed by atoms with E-state index in [-0.39, 0.29) is 6.10 Å². The molecule has 0 aromatic heterocycles. The topological polar surface area (TPSA) is 23.2 Å². The van der Waals surface area contributed by atoms with Crippen molar-refractivity contribution in [3.05, 3.63) is 40.9 Å². The van der Waals surface area contributed by atoms with Gasteiger partial charge in [0.05, 0.1) is 6.10 Å². The summed E-state index contributed by atoms with van der Waals surface area (Å²) in [6.07, 6.45) is 6.55. The molecule has 3 rings (SSSR count). The minimum Gasteiger partial charge on any atom is -0.389 e. The SMILES string of the molecule is C=[N+]1[CH-]CCc2c(C)cc3c(c21)C(O)CC=C3. The van der Waals surface area contributed by atoms with Gasteiger partial charge in [-0.15, -0.1) is 0 Å². The molecule has 0 saturated carbocycles. The lowest BCUT2D eigenvalue weighted by molar-refractivity contribution is -0.393. The summed E-state index contributed by atoms with van der Waals surface area (Å²) in [5, 5.41) is 10.2. The predicted molar refractivity (Wildman–Crippen MR) is 69.5 cm³/mol. The second kappa shape index (κ2) is 3.74. The first kappa shape index (κ1) is 10.6. The predicted octanol–water partition coefficient (Wildman–Crippen LogP) is 2.90. The van der Waals surface area contributed by atoms with Gasteiger partial charge in [0.1, 0.15) is 5.69 Å². The van der Waals surface area contributed by atoms with Crippen LogP contribution in [-0.4, -0.2) is 16.4 Å². The van der Waals surface area contributed by atoms with Crippen LogP contribution >= 0.6 is 0 Å². The van der Waals surface area contributed by atoms with Crippen LogP contribution in [0.1, 0.15) is 41.2 Å². The van der Waals surface area contributed by atoms with Crippen LogP contribution in [0.25, 0.3) is 6.08 Å². The maximum absolute atomic E-state index is 10.2. The van der Waals surface area contributed by atoms with Crippen molar-refractivity contribution in [2.75, 3.05) is 0 Å². The smallest absolute Gasteiger partial charge is 0.114 e. The molecule has 0 fully saturated rings. The number of aryl methyl sites for hydroxylation is 1. The van der Waals surface area contributed by atoms with E-state index in [1.807, 2.05) is 10.7 Å². The van der Waals surface area contributed by atoms with E-state index >= 15 is 0 Å². The number of aliphatic hydroxyl groups excluding tert-OH is 1. The molecular formula is C15H17NO. The normalized spacial score (nSPS) is 21.8. The van der Waals surface area contributed by atoms with Crippen molar-refractivity contribution < 1.29 is 9.68 Å². The van der Waals surface area contributed by atoms with E-state index in [9.17, 15) is 5.11 Å². The van der Waals surface area contributed by atoms with E-state index in [0.717, 1.165) is 29.7 Å². The Bertz CT molecular complexity index is 528. The molecule has 1 heterocycles. The Hall–Kier alpha value is -1.54. The van der Waals surface area contributed by atoms with E-state index in [2.05, 4.69) is 32.3 Å². The highest BCUT2D eigenvalue weighted by Gasteiger charge is 2.25. The third-order valence-corrected chi connectivity index (χ3v) is 3.72. The molecule has 2 heteroatoms. The minimum absolute atomic E-state index is 0.389. The Morgan fingerprint density at radius 3 is 3.18 bits per heavy atom. The van der Waals surface area contributed by atoms with Crippen molar-refractivity contribution in [2.24, 2.45) is 0 Å². The molecule has 1 aromatic carbocycles. The van der Waals surface area contributed by atoms with E-state index in [1.54, 1.807) is 0 Å². The van der Waals surface area contributed by atoms with Crippen molar-refractivity contribution in [2.45, 2.75) is 32.3 Å². The van der Waals surface area contributed by atoms with Crippen molar-refractivity contribution >= 4 is 18.5 Å². The van der Waals surface area contributed by atoms with Gasteiger partial charge in [-0.2, -0.15) is 0 Å². The molecule has 1 atom stereocenters. The Morgan fingerprint density at radius 1 is 1.53 bits per heavy atom. The highest BCUT2D eigenvalue weighted by atomic mass is 16.3. The summed E-state index contributed by atoms with van der Waals surface area (Å²) in [5.41, 5.74) is 5.97. The third kappa shape index (κ3) is 1.52. The summed E-state index contributed by atoms with van der Waals surface area (Å²) >= 11 is 0. The zero-order valence-electron chi connectivity index (χ0n) is 10.1. The quantitative estimate of drug-likeness (QED) is 0.534. The van der Waals surface area contributed by atoms with Gasteiger partial charge in [0.2, 0.25) is 0 Å². The Kier molecular flexibility index (Phi) is 2.33. The monoisotopic (exact) mass is 227 g/mol. The fourth-order valence-electron chi connectivity index (χ4n) is 2.91. The maximum Gasteiger partial charge on any atom is 0.114 e. The lowest BCUT2D eigenvalue weighted by Gasteiger charge is -2.29. The zero-order valence-corrected chi connectivity index (χ0v) is 10.1. The molecule has 1 N–H and O–H groups in total. The largest absolute Gasteiger partial charge is 0.389 e. The van der Waals surface area contributed by atoms with E-state index in [1.165, 1.54) is 11.1 Å². The minimum atomic E-state index is -0.389. The second-order valence-corrected chi connectivity index (χ2v) is 4.87. The van der Waals surface area contributed by atoms with Crippen LogP contribution in [0.15, 0.2) is 12.1 Å². The third-order valence-electron chi connectivity index (χ3n) is 3.72. The van der Waals surface area contributed by atoms with Crippen LogP contribution < -0.4 is 0 Å². The van der Waals surface area contributed by atoms with Gasteiger partial charge < -0.3 is 9.68 Å². The molecule has 0 radical (unpaired) electrons. The fourth-order valence-corrected chi connectivity index (χ4v) is 2.91. The summed E-state index contributed by atoms with van der Waals surface area (Å²) in [7, 11) is 0. The average Bonchev–Trinajstić information content (AvgIpc) is 2.30. The first-order valence-corrected chi connectivity index (χ1v) is 6.12. The molecule has 1 aliphatic carbocycles. The molecule has 17 heavy (non-hydrogen) atoms. The molecule has 88 valence electrons. The Balaban J connectivity index is 2.33. The number of aliphatic hydroxyl groups is 1. The first-order valence-electron chi connectivity index (χ1n) is 6.12. The van der Waals surface area contributed by atoms with Crippen molar-refractivity contribution in [3.63, 3.8) is 0 Å². The van der Waals surface area contributed by atoms with E-state index in [0.29, 0.717) is 6.42 Å². The molecule has 0 bridgehead atoms. The number of hydrogen-bond acceptors (Lipinski definition) is 1. The lowest BCUT2D eigenvalue weighted by atomic mass is 9.85. The Labute approximate surface area is 102 Å². The Morgan fingerprint density at radius 2 is 2.35 bits per heavy atom. The molecule has 0 amide bonds. The summed E-state index contributed by atoms with van der Waals surface area (Å²) in [6.45, 7) is 8.32. The molecule has 0 spiro atoms. The van der Waals surface area contributed by atoms with Crippen LogP contribution in [0.2, 0.25) is 0 Å². The molecule has 1 aromatic rings. The van der Waals surface area contributed by atoms with Crippen molar-refractivity contribution in [1.29, 1.82) is 0 Å². The molecule has 0 saturated heterocycles. The lowest BCUT2D eigenvalue weighted by Crippen LogP contribution is -2.17.